The number of hydrogen-bond acceptors (Lipinski definition) is 4. The van der Waals surface area contributed by atoms with Crippen molar-refractivity contribution in [2.24, 2.45) is 0 Å². The molecule has 29 heavy (non-hydrogen) atoms. The topological polar surface area (TPSA) is 78.4 Å². The Kier molecular flexibility index (Phi) is 4.72. The molecule has 0 saturated heterocycles. The highest BCUT2D eigenvalue weighted by molar-refractivity contribution is 5.38. The van der Waals surface area contributed by atoms with Gasteiger partial charge >= 0.3 is 11.1 Å². The number of hydrogen-bond donors (Lipinski definition) is 0. The molecule has 146 valence electrons. The number of aromatic nitrogens is 4. The van der Waals surface area contributed by atoms with Crippen molar-refractivity contribution in [1.82, 2.24) is 18.5 Å². The normalized spacial score (nSPS) is 11.3. The first kappa shape index (κ1) is 18.6. The number of benzene rings is 1. The van der Waals surface area contributed by atoms with E-state index in [9.17, 15) is 14.4 Å². The maximum absolute atomic E-state index is 12.6. The van der Waals surface area contributed by atoms with Crippen LogP contribution in [0.4, 0.5) is 0 Å². The predicted octanol–water partition coefficient (Wildman–Crippen LogP) is 2.18. The summed E-state index contributed by atoms with van der Waals surface area (Å²) in [5.74, 6) is 0.382. The van der Waals surface area contributed by atoms with E-state index < -0.39 is 11.1 Å². The molecule has 0 N–H and O–H groups in total. The summed E-state index contributed by atoms with van der Waals surface area (Å²) in [5, 5.41) is 0. The molecule has 0 unspecified atom stereocenters. The second-order valence-electron chi connectivity index (χ2n) is 7.17. The maximum atomic E-state index is 12.6. The Hall–Kier alpha value is -3.74. The van der Waals surface area contributed by atoms with Crippen molar-refractivity contribution in [2.45, 2.75) is 26.3 Å². The Morgan fingerprint density at radius 1 is 0.897 bits per heavy atom. The summed E-state index contributed by atoms with van der Waals surface area (Å²) in [6.45, 7) is 4.23. The van der Waals surface area contributed by atoms with E-state index >= 15 is 0 Å². The summed E-state index contributed by atoms with van der Waals surface area (Å²) in [4.78, 5) is 41.9. The largest absolute Gasteiger partial charge is 0.320 e. The zero-order chi connectivity index (χ0) is 20.5. The second kappa shape index (κ2) is 7.35. The van der Waals surface area contributed by atoms with E-state index in [0.717, 1.165) is 5.56 Å². The lowest BCUT2D eigenvalue weighted by molar-refractivity contribution is 0.702. The smallest absolute Gasteiger partial charge is 0.303 e. The van der Waals surface area contributed by atoms with Gasteiger partial charge in [0.1, 0.15) is 5.65 Å². The van der Waals surface area contributed by atoms with Gasteiger partial charge in [0.05, 0.1) is 12.2 Å². The highest BCUT2D eigenvalue weighted by Gasteiger charge is 2.10. The molecule has 0 amide bonds. The van der Waals surface area contributed by atoms with E-state index in [1.54, 1.807) is 30.6 Å². The lowest BCUT2D eigenvalue weighted by atomic mass is 10.0. The molecule has 0 fully saturated rings. The van der Waals surface area contributed by atoms with E-state index in [2.05, 4.69) is 18.8 Å². The molecular weight excluding hydrogens is 368 g/mol. The summed E-state index contributed by atoms with van der Waals surface area (Å²) >= 11 is 0. The third-order valence-electron chi connectivity index (χ3n) is 4.85. The van der Waals surface area contributed by atoms with Gasteiger partial charge in [-0.2, -0.15) is 0 Å². The summed E-state index contributed by atoms with van der Waals surface area (Å²) < 4.78 is 4.01. The third-order valence-corrected chi connectivity index (χ3v) is 4.85. The molecule has 0 radical (unpaired) electrons. The molecule has 4 rings (SSSR count). The van der Waals surface area contributed by atoms with Crippen molar-refractivity contribution >= 4 is 5.65 Å². The van der Waals surface area contributed by atoms with Crippen LogP contribution >= 0.6 is 0 Å². The van der Waals surface area contributed by atoms with Gasteiger partial charge in [-0.15, -0.1) is 0 Å². The highest BCUT2D eigenvalue weighted by Crippen LogP contribution is 2.15. The zero-order valence-corrected chi connectivity index (χ0v) is 16.1. The maximum Gasteiger partial charge on any atom is 0.320 e. The first-order chi connectivity index (χ1) is 13.9. The van der Waals surface area contributed by atoms with Crippen molar-refractivity contribution < 1.29 is 0 Å². The number of rotatable bonds is 4. The van der Waals surface area contributed by atoms with Crippen LogP contribution in [0.1, 0.15) is 31.0 Å². The molecule has 0 aliphatic heterocycles. The summed E-state index contributed by atoms with van der Waals surface area (Å²) in [6.07, 6.45) is 4.73. The van der Waals surface area contributed by atoms with Crippen LogP contribution in [-0.4, -0.2) is 18.5 Å². The van der Waals surface area contributed by atoms with Crippen LogP contribution in [0, 0.1) is 0 Å². The van der Waals surface area contributed by atoms with Crippen LogP contribution in [0.5, 0.6) is 0 Å². The number of pyridine rings is 1. The molecule has 3 heterocycles. The second-order valence-corrected chi connectivity index (χ2v) is 7.17. The fourth-order valence-electron chi connectivity index (χ4n) is 3.21. The van der Waals surface area contributed by atoms with Crippen molar-refractivity contribution in [2.75, 3.05) is 0 Å². The van der Waals surface area contributed by atoms with Gasteiger partial charge in [-0.3, -0.25) is 23.4 Å². The van der Waals surface area contributed by atoms with E-state index in [0.29, 0.717) is 22.9 Å². The SMILES string of the molecule is CC(C)c1ccc(-n2ccn(Cc3cc(=O)n4ccccc4n3)c(=O)c2=O)cc1. The van der Waals surface area contributed by atoms with Crippen molar-refractivity contribution in [1.29, 1.82) is 0 Å². The Bertz CT molecular complexity index is 1360. The van der Waals surface area contributed by atoms with Crippen LogP contribution in [0.2, 0.25) is 0 Å². The molecule has 7 nitrogen and oxygen atoms in total. The monoisotopic (exact) mass is 388 g/mol. The van der Waals surface area contributed by atoms with Gasteiger partial charge in [0.2, 0.25) is 0 Å². The Labute approximate surface area is 166 Å². The van der Waals surface area contributed by atoms with Gasteiger partial charge in [-0.25, -0.2) is 4.98 Å². The lowest BCUT2D eigenvalue weighted by Gasteiger charge is -2.11. The van der Waals surface area contributed by atoms with Gasteiger partial charge in [0.25, 0.3) is 5.56 Å². The van der Waals surface area contributed by atoms with Crippen LogP contribution in [0.15, 0.2) is 81.5 Å². The van der Waals surface area contributed by atoms with Crippen molar-refractivity contribution in [3.63, 3.8) is 0 Å². The molecule has 0 spiro atoms. The minimum atomic E-state index is -0.671. The Balaban J connectivity index is 1.70. The summed E-state index contributed by atoms with van der Waals surface area (Å²) in [6, 6.07) is 14.2. The standard InChI is InChI=1S/C22H20N4O3/c1-15(2)16-6-8-18(9-7-16)25-12-11-24(21(28)22(25)29)14-17-13-20(27)26-10-4-3-5-19(26)23-17/h3-13,15H,14H2,1-2H3. The summed E-state index contributed by atoms with van der Waals surface area (Å²) in [5.41, 5.74) is 1.13. The van der Waals surface area contributed by atoms with Crippen LogP contribution in [-0.2, 0) is 6.54 Å². The molecule has 0 saturated carbocycles. The Morgan fingerprint density at radius 2 is 1.66 bits per heavy atom. The minimum absolute atomic E-state index is 0.0435. The molecule has 0 aliphatic carbocycles. The zero-order valence-electron chi connectivity index (χ0n) is 16.1. The Morgan fingerprint density at radius 3 is 2.38 bits per heavy atom. The van der Waals surface area contributed by atoms with E-state index in [1.807, 2.05) is 24.3 Å². The van der Waals surface area contributed by atoms with E-state index in [1.165, 1.54) is 25.8 Å². The first-order valence-corrected chi connectivity index (χ1v) is 9.34. The molecule has 3 aromatic heterocycles. The molecule has 7 heteroatoms. The fourth-order valence-corrected chi connectivity index (χ4v) is 3.21. The van der Waals surface area contributed by atoms with Gasteiger partial charge < -0.3 is 4.57 Å². The lowest BCUT2D eigenvalue weighted by Crippen LogP contribution is -2.40. The van der Waals surface area contributed by atoms with Crippen molar-refractivity contribution in [3.05, 3.63) is 109 Å². The van der Waals surface area contributed by atoms with E-state index in [4.69, 9.17) is 0 Å². The summed E-state index contributed by atoms with van der Waals surface area (Å²) in [7, 11) is 0. The third kappa shape index (κ3) is 3.54. The fraction of sp³-hybridized carbons (Fsp3) is 0.182. The van der Waals surface area contributed by atoms with Gasteiger partial charge in [0, 0.05) is 30.3 Å². The molecular formula is C22H20N4O3. The molecule has 0 aliphatic rings. The van der Waals surface area contributed by atoms with Crippen LogP contribution in [0.25, 0.3) is 11.3 Å². The van der Waals surface area contributed by atoms with Crippen LogP contribution < -0.4 is 16.7 Å². The average molecular weight is 388 g/mol. The van der Waals surface area contributed by atoms with Crippen molar-refractivity contribution in [3.8, 4) is 5.69 Å². The molecule has 0 atom stereocenters. The number of fused-ring (bicyclic) bond motifs is 1. The molecule has 1 aromatic carbocycles. The number of nitrogens with zero attached hydrogens (tertiary/aromatic N) is 4. The first-order valence-electron chi connectivity index (χ1n) is 9.34. The average Bonchev–Trinajstić information content (AvgIpc) is 2.72. The highest BCUT2D eigenvalue weighted by atomic mass is 16.2. The van der Waals surface area contributed by atoms with Crippen LogP contribution in [0.3, 0.4) is 0 Å². The van der Waals surface area contributed by atoms with E-state index in [-0.39, 0.29) is 12.1 Å². The molecule has 4 aromatic rings. The molecule has 0 bridgehead atoms. The minimum Gasteiger partial charge on any atom is -0.303 e. The van der Waals surface area contributed by atoms with Gasteiger partial charge in [0.15, 0.2) is 0 Å². The van der Waals surface area contributed by atoms with Gasteiger partial charge in [-0.05, 0) is 35.7 Å². The predicted molar refractivity (Wildman–Crippen MR) is 111 cm³/mol. The quantitative estimate of drug-likeness (QED) is 0.502. The van der Waals surface area contributed by atoms with Gasteiger partial charge in [-0.1, -0.05) is 32.0 Å².